The average molecular weight is 670 g/mol. The summed E-state index contributed by atoms with van der Waals surface area (Å²) in [5, 5.41) is 6.77. The van der Waals surface area contributed by atoms with E-state index in [9.17, 15) is 0 Å². The molecular formula is C46H31N5O. The van der Waals surface area contributed by atoms with Crippen LogP contribution in [0.3, 0.4) is 0 Å². The highest BCUT2D eigenvalue weighted by Gasteiger charge is 2.21. The van der Waals surface area contributed by atoms with E-state index in [1.165, 1.54) is 55.1 Å². The lowest BCUT2D eigenvalue weighted by atomic mass is 9.98. The second-order valence-corrected chi connectivity index (χ2v) is 13.9. The molecule has 246 valence electrons. The second kappa shape index (κ2) is 10.6. The number of nitrogens with zero attached hydrogens (tertiary/aromatic N) is 5. The van der Waals surface area contributed by atoms with E-state index in [1.807, 2.05) is 24.5 Å². The Morgan fingerprint density at radius 3 is 2.21 bits per heavy atom. The van der Waals surface area contributed by atoms with Crippen LogP contribution in [0, 0.1) is 20.8 Å². The highest BCUT2D eigenvalue weighted by atomic mass is 16.5. The molecule has 52 heavy (non-hydrogen) atoms. The number of ether oxygens (including phenoxy) is 1. The van der Waals surface area contributed by atoms with Crippen molar-refractivity contribution in [3.63, 3.8) is 0 Å². The SMILES string of the molecule is Cc1cc(C)c(-c2cn3c4cccnc4c4ccc(Oc5ccc6c7cccc8c9c(-c%10ccccc%10)ccnc9n(c6c5)c78)cc4c3n2)c(C)c1. The summed E-state index contributed by atoms with van der Waals surface area (Å²) in [6.07, 6.45) is 5.92. The van der Waals surface area contributed by atoms with Gasteiger partial charge in [-0.15, -0.1) is 0 Å². The third-order valence-corrected chi connectivity index (χ3v) is 10.7. The van der Waals surface area contributed by atoms with Crippen LogP contribution in [-0.4, -0.2) is 23.8 Å². The Bertz CT molecular complexity index is 3220. The van der Waals surface area contributed by atoms with Crippen molar-refractivity contribution in [2.45, 2.75) is 20.8 Å². The van der Waals surface area contributed by atoms with E-state index in [-0.39, 0.29) is 0 Å². The lowest BCUT2D eigenvalue weighted by Gasteiger charge is -2.10. The van der Waals surface area contributed by atoms with E-state index in [0.29, 0.717) is 0 Å². The number of benzene rings is 5. The number of para-hydroxylation sites is 1. The lowest BCUT2D eigenvalue weighted by Crippen LogP contribution is -1.93. The van der Waals surface area contributed by atoms with Gasteiger partial charge in [-0.2, -0.15) is 0 Å². The average Bonchev–Trinajstić information content (AvgIpc) is 3.85. The largest absolute Gasteiger partial charge is 0.457 e. The van der Waals surface area contributed by atoms with Gasteiger partial charge in [0.25, 0.3) is 0 Å². The smallest absolute Gasteiger partial charge is 0.146 e. The fourth-order valence-electron chi connectivity index (χ4n) is 8.65. The first-order valence-electron chi connectivity index (χ1n) is 17.6. The third-order valence-electron chi connectivity index (χ3n) is 10.7. The second-order valence-electron chi connectivity index (χ2n) is 13.9. The quantitative estimate of drug-likeness (QED) is 0.175. The van der Waals surface area contributed by atoms with Crippen LogP contribution in [0.25, 0.3) is 88.1 Å². The maximum Gasteiger partial charge on any atom is 0.146 e. The molecule has 0 amide bonds. The van der Waals surface area contributed by atoms with Crippen molar-refractivity contribution in [1.82, 2.24) is 23.8 Å². The van der Waals surface area contributed by atoms with E-state index in [4.69, 9.17) is 19.7 Å². The van der Waals surface area contributed by atoms with Gasteiger partial charge in [0.15, 0.2) is 0 Å². The minimum Gasteiger partial charge on any atom is -0.457 e. The van der Waals surface area contributed by atoms with Crippen molar-refractivity contribution in [2.75, 3.05) is 0 Å². The predicted octanol–water partition coefficient (Wildman–Crippen LogP) is 11.6. The molecule has 0 atom stereocenters. The zero-order chi connectivity index (χ0) is 34.7. The molecule has 5 aromatic carbocycles. The van der Waals surface area contributed by atoms with Gasteiger partial charge < -0.3 is 4.74 Å². The van der Waals surface area contributed by atoms with Crippen LogP contribution < -0.4 is 4.74 Å². The van der Waals surface area contributed by atoms with Crippen molar-refractivity contribution >= 4 is 65.7 Å². The van der Waals surface area contributed by atoms with Gasteiger partial charge in [0.2, 0.25) is 0 Å². The van der Waals surface area contributed by atoms with Crippen LogP contribution in [0.2, 0.25) is 0 Å². The van der Waals surface area contributed by atoms with Crippen molar-refractivity contribution in [3.8, 4) is 33.9 Å². The topological polar surface area (TPSA) is 56.7 Å². The van der Waals surface area contributed by atoms with Crippen molar-refractivity contribution in [1.29, 1.82) is 0 Å². The summed E-state index contributed by atoms with van der Waals surface area (Å²) < 4.78 is 11.2. The molecule has 0 aliphatic heterocycles. The van der Waals surface area contributed by atoms with Crippen LogP contribution in [-0.2, 0) is 0 Å². The normalized spacial score (nSPS) is 12.1. The highest BCUT2D eigenvalue weighted by Crippen LogP contribution is 2.43. The monoisotopic (exact) mass is 669 g/mol. The molecule has 6 heteroatoms. The number of hydrogen-bond acceptors (Lipinski definition) is 4. The Balaban J connectivity index is 1.09. The number of imidazole rings is 1. The highest BCUT2D eigenvalue weighted by molar-refractivity contribution is 6.25. The fraction of sp³-hybridized carbons (Fsp3) is 0.0652. The molecule has 0 radical (unpaired) electrons. The van der Waals surface area contributed by atoms with Crippen molar-refractivity contribution < 1.29 is 4.74 Å². The first kappa shape index (κ1) is 29.0. The summed E-state index contributed by atoms with van der Waals surface area (Å²) in [5.74, 6) is 1.49. The molecule has 6 nitrogen and oxygen atoms in total. The van der Waals surface area contributed by atoms with E-state index in [2.05, 4.69) is 139 Å². The van der Waals surface area contributed by atoms with Crippen LogP contribution in [0.5, 0.6) is 11.5 Å². The molecule has 0 spiro atoms. The molecule has 0 saturated heterocycles. The number of rotatable bonds is 4. The number of fused-ring (bicyclic) bond motifs is 12. The molecule has 0 N–H and O–H groups in total. The van der Waals surface area contributed by atoms with Crippen LogP contribution in [0.4, 0.5) is 0 Å². The van der Waals surface area contributed by atoms with Gasteiger partial charge in [-0.05, 0) is 91.6 Å². The molecule has 0 unspecified atom stereocenters. The third kappa shape index (κ3) is 4.03. The van der Waals surface area contributed by atoms with Gasteiger partial charge in [-0.1, -0.05) is 66.2 Å². The molecule has 11 rings (SSSR count). The minimum absolute atomic E-state index is 0.736. The fourth-order valence-corrected chi connectivity index (χ4v) is 8.65. The van der Waals surface area contributed by atoms with Gasteiger partial charge in [0.1, 0.15) is 22.8 Å². The van der Waals surface area contributed by atoms with E-state index >= 15 is 0 Å². The Labute approximate surface area is 298 Å². The molecule has 11 aromatic rings. The lowest BCUT2D eigenvalue weighted by molar-refractivity contribution is 0.484. The zero-order valence-corrected chi connectivity index (χ0v) is 28.8. The van der Waals surface area contributed by atoms with Crippen LogP contribution in [0.15, 0.2) is 134 Å². The van der Waals surface area contributed by atoms with E-state index in [0.717, 1.165) is 61.2 Å². The van der Waals surface area contributed by atoms with Crippen molar-refractivity contribution in [3.05, 3.63) is 151 Å². The van der Waals surface area contributed by atoms with Gasteiger partial charge in [0.05, 0.1) is 27.8 Å². The number of aromatic nitrogens is 5. The van der Waals surface area contributed by atoms with Crippen LogP contribution in [0.1, 0.15) is 16.7 Å². The predicted molar refractivity (Wildman–Crippen MR) is 212 cm³/mol. The first-order valence-corrected chi connectivity index (χ1v) is 17.6. The first-order chi connectivity index (χ1) is 25.5. The van der Waals surface area contributed by atoms with Crippen molar-refractivity contribution in [2.24, 2.45) is 0 Å². The molecule has 0 bridgehead atoms. The summed E-state index contributed by atoms with van der Waals surface area (Å²) >= 11 is 0. The number of aryl methyl sites for hydroxylation is 3. The van der Waals surface area contributed by atoms with Gasteiger partial charge in [-0.3, -0.25) is 13.8 Å². The molecule has 6 aromatic heterocycles. The molecule has 0 saturated carbocycles. The standard InChI is InChI=1S/C46H31N5O/c1-26-21-27(2)41(28(3)22-26)38-25-50-39-13-8-19-47-43(39)34-17-15-30(23-37(34)45(50)49-38)52-31-14-16-33-35-11-7-12-36-42-32(29-9-5-4-6-10-29)18-20-48-46(42)51(44(35)36)40(33)24-31/h4-25H,1-3H3. The molecule has 6 heterocycles. The summed E-state index contributed by atoms with van der Waals surface area (Å²) in [6, 6.07) is 40.4. The summed E-state index contributed by atoms with van der Waals surface area (Å²) in [5.41, 5.74) is 14.2. The minimum atomic E-state index is 0.736. The zero-order valence-electron chi connectivity index (χ0n) is 28.8. The summed E-state index contributed by atoms with van der Waals surface area (Å²) in [4.78, 5) is 15.1. The molecule has 0 aliphatic rings. The Hall–Kier alpha value is -6.79. The Morgan fingerprint density at radius 2 is 1.37 bits per heavy atom. The number of hydrogen-bond donors (Lipinski definition) is 0. The maximum absolute atomic E-state index is 6.70. The van der Waals surface area contributed by atoms with E-state index < -0.39 is 0 Å². The summed E-state index contributed by atoms with van der Waals surface area (Å²) in [6.45, 7) is 6.47. The van der Waals surface area contributed by atoms with E-state index in [1.54, 1.807) is 0 Å². The Kier molecular flexibility index (Phi) is 5.91. The van der Waals surface area contributed by atoms with Crippen LogP contribution >= 0.6 is 0 Å². The van der Waals surface area contributed by atoms with Gasteiger partial charge in [0, 0.05) is 62.5 Å². The number of pyridine rings is 3. The molecule has 0 fully saturated rings. The summed E-state index contributed by atoms with van der Waals surface area (Å²) in [7, 11) is 0. The van der Waals surface area contributed by atoms with Gasteiger partial charge >= 0.3 is 0 Å². The maximum atomic E-state index is 6.70. The van der Waals surface area contributed by atoms with Gasteiger partial charge in [-0.25, -0.2) is 9.97 Å². The molecular weight excluding hydrogens is 639 g/mol. The molecule has 0 aliphatic carbocycles. The Morgan fingerprint density at radius 1 is 0.577 bits per heavy atom.